The van der Waals surface area contributed by atoms with Crippen molar-refractivity contribution in [3.63, 3.8) is 0 Å². The first-order valence-electron chi connectivity index (χ1n) is 8.35. The van der Waals surface area contributed by atoms with E-state index in [9.17, 15) is 4.79 Å². The molecule has 0 spiro atoms. The summed E-state index contributed by atoms with van der Waals surface area (Å²) in [5.74, 6) is 0.543. The molecule has 2 atom stereocenters. The molecule has 0 aromatic rings. The Morgan fingerprint density at radius 1 is 1.30 bits per heavy atom. The molecule has 1 aliphatic carbocycles. The maximum absolute atomic E-state index is 11.0. The van der Waals surface area contributed by atoms with Gasteiger partial charge in [-0.25, -0.2) is 0 Å². The number of aliphatic carboxylic acids is 1. The molecule has 4 heteroatoms. The van der Waals surface area contributed by atoms with Gasteiger partial charge in [0.1, 0.15) is 0 Å². The molecule has 0 radical (unpaired) electrons. The molecule has 4 nitrogen and oxygen atoms in total. The highest BCUT2D eigenvalue weighted by Gasteiger charge is 2.29. The number of unbranched alkanes of at least 4 members (excludes halogenated alkanes) is 1. The van der Waals surface area contributed by atoms with Crippen LogP contribution in [0.1, 0.15) is 51.9 Å². The number of hydrogen-bond acceptors (Lipinski definition) is 3. The first kappa shape index (κ1) is 15.8. The second-order valence-corrected chi connectivity index (χ2v) is 6.71. The Morgan fingerprint density at radius 3 is 2.70 bits per heavy atom. The molecule has 0 aromatic heterocycles. The minimum atomic E-state index is -0.648. The van der Waals surface area contributed by atoms with Gasteiger partial charge in [-0.1, -0.05) is 19.8 Å². The van der Waals surface area contributed by atoms with Crippen LogP contribution in [-0.4, -0.2) is 48.2 Å². The maximum atomic E-state index is 11.0. The molecule has 1 saturated carbocycles. The topological polar surface area (TPSA) is 52.6 Å². The van der Waals surface area contributed by atoms with Crippen LogP contribution >= 0.6 is 0 Å². The van der Waals surface area contributed by atoms with Crippen molar-refractivity contribution in [2.24, 2.45) is 11.8 Å². The molecule has 1 heterocycles. The molecular weight excluding hydrogens is 252 g/mol. The van der Waals surface area contributed by atoms with Gasteiger partial charge in [-0.3, -0.25) is 4.79 Å². The largest absolute Gasteiger partial charge is 0.481 e. The van der Waals surface area contributed by atoms with Crippen LogP contribution < -0.4 is 5.32 Å². The lowest BCUT2D eigenvalue weighted by atomic mass is 9.84. The Hall–Kier alpha value is -0.610. The molecule has 0 aromatic carbocycles. The standard InChI is InChI=1S/C16H30N2O2/c1-2-3-7-18-11-14(9-16(19)20)8-15(12-18)17-10-13-5-4-6-13/h13-15,17H,2-12H2,1H3,(H,19,20). The van der Waals surface area contributed by atoms with E-state index in [0.717, 1.165) is 38.5 Å². The van der Waals surface area contributed by atoms with Gasteiger partial charge < -0.3 is 15.3 Å². The predicted molar refractivity (Wildman–Crippen MR) is 80.8 cm³/mol. The zero-order valence-electron chi connectivity index (χ0n) is 12.8. The van der Waals surface area contributed by atoms with Crippen molar-refractivity contribution in [1.29, 1.82) is 0 Å². The average molecular weight is 282 g/mol. The van der Waals surface area contributed by atoms with Gasteiger partial charge in [-0.15, -0.1) is 0 Å². The summed E-state index contributed by atoms with van der Waals surface area (Å²) in [7, 11) is 0. The monoisotopic (exact) mass is 282 g/mol. The van der Waals surface area contributed by atoms with E-state index in [2.05, 4.69) is 17.1 Å². The van der Waals surface area contributed by atoms with Crippen molar-refractivity contribution in [3.8, 4) is 0 Å². The lowest BCUT2D eigenvalue weighted by Crippen LogP contribution is -2.51. The number of nitrogens with zero attached hydrogens (tertiary/aromatic N) is 1. The predicted octanol–water partition coefficient (Wildman–Crippen LogP) is 2.34. The van der Waals surface area contributed by atoms with Crippen LogP contribution in [0.4, 0.5) is 0 Å². The van der Waals surface area contributed by atoms with Crippen LogP contribution in [0.3, 0.4) is 0 Å². The second kappa shape index (κ2) is 7.99. The fraction of sp³-hybridized carbons (Fsp3) is 0.938. The van der Waals surface area contributed by atoms with Gasteiger partial charge in [0.2, 0.25) is 0 Å². The molecular formula is C16H30N2O2. The molecule has 0 bridgehead atoms. The van der Waals surface area contributed by atoms with Gasteiger partial charge in [0.25, 0.3) is 0 Å². The third-order valence-corrected chi connectivity index (χ3v) is 4.82. The summed E-state index contributed by atoms with van der Waals surface area (Å²) >= 11 is 0. The minimum absolute atomic E-state index is 0.317. The quantitative estimate of drug-likeness (QED) is 0.717. The number of piperidine rings is 1. The number of hydrogen-bond donors (Lipinski definition) is 2. The molecule has 2 N–H and O–H groups in total. The van der Waals surface area contributed by atoms with E-state index in [-0.39, 0.29) is 0 Å². The van der Waals surface area contributed by atoms with Crippen molar-refractivity contribution in [2.75, 3.05) is 26.2 Å². The molecule has 20 heavy (non-hydrogen) atoms. The van der Waals surface area contributed by atoms with Crippen LogP contribution in [0.5, 0.6) is 0 Å². The van der Waals surface area contributed by atoms with Crippen LogP contribution in [-0.2, 0) is 4.79 Å². The highest BCUT2D eigenvalue weighted by Crippen LogP contribution is 2.26. The van der Waals surface area contributed by atoms with Crippen LogP contribution in [0, 0.1) is 11.8 Å². The molecule has 2 unspecified atom stereocenters. The molecule has 0 amide bonds. The minimum Gasteiger partial charge on any atom is -0.481 e. The van der Waals surface area contributed by atoms with Crippen LogP contribution in [0.25, 0.3) is 0 Å². The van der Waals surface area contributed by atoms with Gasteiger partial charge in [-0.05, 0) is 50.6 Å². The van der Waals surface area contributed by atoms with Crippen molar-refractivity contribution in [3.05, 3.63) is 0 Å². The summed E-state index contributed by atoms with van der Waals surface area (Å²) in [6.45, 7) is 6.53. The summed E-state index contributed by atoms with van der Waals surface area (Å²) in [6.07, 6.45) is 7.91. The lowest BCUT2D eigenvalue weighted by Gasteiger charge is -2.39. The number of nitrogens with one attached hydrogen (secondary N) is 1. The number of carboxylic acids is 1. The van der Waals surface area contributed by atoms with E-state index in [1.54, 1.807) is 0 Å². The third kappa shape index (κ3) is 5.06. The molecule has 1 aliphatic heterocycles. The van der Waals surface area contributed by atoms with Gasteiger partial charge >= 0.3 is 5.97 Å². The molecule has 1 saturated heterocycles. The van der Waals surface area contributed by atoms with Crippen molar-refractivity contribution < 1.29 is 9.90 Å². The van der Waals surface area contributed by atoms with Crippen molar-refractivity contribution in [2.45, 2.75) is 57.9 Å². The SMILES string of the molecule is CCCCN1CC(CC(=O)O)CC(NCC2CCC2)C1. The van der Waals surface area contributed by atoms with E-state index in [0.29, 0.717) is 18.4 Å². The number of carbonyl (C=O) groups is 1. The van der Waals surface area contributed by atoms with Gasteiger partial charge in [0.15, 0.2) is 0 Å². The average Bonchev–Trinajstić information content (AvgIpc) is 2.33. The first-order chi connectivity index (χ1) is 9.67. The third-order valence-electron chi connectivity index (χ3n) is 4.82. The van der Waals surface area contributed by atoms with E-state index in [1.165, 1.54) is 32.1 Å². The van der Waals surface area contributed by atoms with E-state index < -0.39 is 5.97 Å². The smallest absolute Gasteiger partial charge is 0.303 e. The van der Waals surface area contributed by atoms with Crippen LogP contribution in [0.15, 0.2) is 0 Å². The number of likely N-dealkylation sites (tertiary alicyclic amines) is 1. The number of carboxylic acid groups (broad SMARTS) is 1. The van der Waals surface area contributed by atoms with E-state index >= 15 is 0 Å². The highest BCUT2D eigenvalue weighted by atomic mass is 16.4. The Bertz CT molecular complexity index is 305. The van der Waals surface area contributed by atoms with E-state index in [4.69, 9.17) is 5.11 Å². The Labute approximate surface area is 122 Å². The summed E-state index contributed by atoms with van der Waals surface area (Å²) in [5, 5.41) is 12.7. The zero-order valence-corrected chi connectivity index (χ0v) is 12.8. The molecule has 2 fully saturated rings. The summed E-state index contributed by atoms with van der Waals surface area (Å²) < 4.78 is 0. The maximum Gasteiger partial charge on any atom is 0.303 e. The van der Waals surface area contributed by atoms with Gasteiger partial charge in [0.05, 0.1) is 0 Å². The summed E-state index contributed by atoms with van der Waals surface area (Å²) in [4.78, 5) is 13.4. The zero-order chi connectivity index (χ0) is 14.4. The highest BCUT2D eigenvalue weighted by molar-refractivity contribution is 5.67. The van der Waals surface area contributed by atoms with Crippen molar-refractivity contribution >= 4 is 5.97 Å². The first-order valence-corrected chi connectivity index (χ1v) is 8.35. The Balaban J connectivity index is 1.79. The van der Waals surface area contributed by atoms with Crippen molar-refractivity contribution in [1.82, 2.24) is 10.2 Å². The normalized spacial score (nSPS) is 28.2. The fourth-order valence-corrected chi connectivity index (χ4v) is 3.44. The summed E-state index contributed by atoms with van der Waals surface area (Å²) in [6, 6.07) is 0.491. The molecule has 2 rings (SSSR count). The lowest BCUT2D eigenvalue weighted by molar-refractivity contribution is -0.138. The van der Waals surface area contributed by atoms with Crippen LogP contribution in [0.2, 0.25) is 0 Å². The molecule has 116 valence electrons. The second-order valence-electron chi connectivity index (χ2n) is 6.71. The number of rotatable bonds is 8. The van der Waals surface area contributed by atoms with Gasteiger partial charge in [0, 0.05) is 25.6 Å². The Kier molecular flexibility index (Phi) is 6.30. The fourth-order valence-electron chi connectivity index (χ4n) is 3.44. The molecule has 2 aliphatic rings. The van der Waals surface area contributed by atoms with Gasteiger partial charge in [-0.2, -0.15) is 0 Å². The van der Waals surface area contributed by atoms with E-state index in [1.807, 2.05) is 0 Å². The Morgan fingerprint density at radius 2 is 2.10 bits per heavy atom. The summed E-state index contributed by atoms with van der Waals surface area (Å²) in [5.41, 5.74) is 0.